The lowest BCUT2D eigenvalue weighted by Gasteiger charge is -2.10. The molecule has 0 aromatic carbocycles. The number of nitrogens with one attached hydrogen (secondary N) is 1. The minimum absolute atomic E-state index is 0.601. The third-order valence-electron chi connectivity index (χ3n) is 2.85. The van der Waals surface area contributed by atoms with Crippen LogP contribution in [0.25, 0.3) is 0 Å². The molecule has 0 unspecified atom stereocenters. The summed E-state index contributed by atoms with van der Waals surface area (Å²) in [4.78, 5) is 0. The standard InChI is InChI=1S/C13H23N3O/c1-11(2)10-17-8-7-16-13(5-6-15-16)9-14-12-3-4-12/h5-6,11-12,14H,3-4,7-10H2,1-2H3. The first-order valence-corrected chi connectivity index (χ1v) is 6.57. The van der Waals surface area contributed by atoms with Crippen LogP contribution in [0.1, 0.15) is 32.4 Å². The SMILES string of the molecule is CC(C)COCCn1nccc1CNC1CC1. The number of hydrogen-bond acceptors (Lipinski definition) is 3. The van der Waals surface area contributed by atoms with Crippen LogP contribution >= 0.6 is 0 Å². The van der Waals surface area contributed by atoms with E-state index in [0.29, 0.717) is 5.92 Å². The number of ether oxygens (including phenoxy) is 1. The molecule has 1 aromatic rings. The van der Waals surface area contributed by atoms with E-state index in [1.165, 1.54) is 18.5 Å². The summed E-state index contributed by atoms with van der Waals surface area (Å²) in [5.74, 6) is 0.601. The average molecular weight is 237 g/mol. The van der Waals surface area contributed by atoms with E-state index in [2.05, 4.69) is 30.3 Å². The van der Waals surface area contributed by atoms with Crippen molar-refractivity contribution in [1.82, 2.24) is 15.1 Å². The molecule has 0 bridgehead atoms. The summed E-state index contributed by atoms with van der Waals surface area (Å²) in [5, 5.41) is 7.83. The van der Waals surface area contributed by atoms with Crippen LogP contribution in [-0.4, -0.2) is 29.0 Å². The highest BCUT2D eigenvalue weighted by molar-refractivity contribution is 5.01. The summed E-state index contributed by atoms with van der Waals surface area (Å²) in [6, 6.07) is 2.83. The van der Waals surface area contributed by atoms with Crippen molar-refractivity contribution in [1.29, 1.82) is 0 Å². The van der Waals surface area contributed by atoms with Gasteiger partial charge < -0.3 is 10.1 Å². The van der Waals surface area contributed by atoms with E-state index in [9.17, 15) is 0 Å². The highest BCUT2D eigenvalue weighted by Crippen LogP contribution is 2.19. The minimum Gasteiger partial charge on any atom is -0.379 e. The van der Waals surface area contributed by atoms with Crippen molar-refractivity contribution in [3.8, 4) is 0 Å². The van der Waals surface area contributed by atoms with Gasteiger partial charge in [0.25, 0.3) is 0 Å². The Hall–Kier alpha value is -0.870. The molecule has 1 fully saturated rings. The van der Waals surface area contributed by atoms with E-state index in [-0.39, 0.29) is 0 Å². The van der Waals surface area contributed by atoms with Crippen molar-refractivity contribution in [2.45, 2.75) is 45.8 Å². The maximum Gasteiger partial charge on any atom is 0.0662 e. The van der Waals surface area contributed by atoms with E-state index in [4.69, 9.17) is 4.74 Å². The van der Waals surface area contributed by atoms with Crippen molar-refractivity contribution in [2.75, 3.05) is 13.2 Å². The number of aromatic nitrogens is 2. The van der Waals surface area contributed by atoms with Crippen molar-refractivity contribution >= 4 is 0 Å². The molecule has 96 valence electrons. The zero-order chi connectivity index (χ0) is 12.1. The third kappa shape index (κ3) is 4.48. The Kier molecular flexibility index (Phi) is 4.57. The van der Waals surface area contributed by atoms with Gasteiger partial charge in [-0.25, -0.2) is 0 Å². The van der Waals surface area contributed by atoms with Crippen LogP contribution in [0.2, 0.25) is 0 Å². The summed E-state index contributed by atoms with van der Waals surface area (Å²) in [6.45, 7) is 7.68. The molecular formula is C13H23N3O. The van der Waals surface area contributed by atoms with E-state index < -0.39 is 0 Å². The molecule has 4 heteroatoms. The highest BCUT2D eigenvalue weighted by atomic mass is 16.5. The van der Waals surface area contributed by atoms with E-state index in [0.717, 1.165) is 32.3 Å². The quantitative estimate of drug-likeness (QED) is 0.701. The molecule has 1 aliphatic rings. The molecule has 0 atom stereocenters. The Morgan fingerprint density at radius 1 is 1.53 bits per heavy atom. The number of rotatable bonds is 8. The second-order valence-electron chi connectivity index (χ2n) is 5.17. The molecule has 17 heavy (non-hydrogen) atoms. The van der Waals surface area contributed by atoms with Gasteiger partial charge in [-0.1, -0.05) is 13.8 Å². The molecule has 1 N–H and O–H groups in total. The number of hydrogen-bond donors (Lipinski definition) is 1. The van der Waals surface area contributed by atoms with Gasteiger partial charge in [0.05, 0.1) is 18.8 Å². The summed E-state index contributed by atoms with van der Waals surface area (Å²) in [6.07, 6.45) is 4.52. The molecule has 1 heterocycles. The normalized spacial score (nSPS) is 15.7. The summed E-state index contributed by atoms with van der Waals surface area (Å²) in [5.41, 5.74) is 1.25. The zero-order valence-electron chi connectivity index (χ0n) is 10.9. The Bertz CT molecular complexity index is 331. The minimum atomic E-state index is 0.601. The summed E-state index contributed by atoms with van der Waals surface area (Å²) < 4.78 is 7.62. The maximum atomic E-state index is 5.58. The van der Waals surface area contributed by atoms with Crippen LogP contribution in [0.3, 0.4) is 0 Å². The van der Waals surface area contributed by atoms with Crippen LogP contribution in [0.15, 0.2) is 12.3 Å². The Morgan fingerprint density at radius 3 is 3.06 bits per heavy atom. The first-order chi connectivity index (χ1) is 8.25. The van der Waals surface area contributed by atoms with Gasteiger partial charge in [-0.05, 0) is 24.8 Å². The van der Waals surface area contributed by atoms with Gasteiger partial charge in [-0.15, -0.1) is 0 Å². The first-order valence-electron chi connectivity index (χ1n) is 6.57. The molecule has 0 amide bonds. The van der Waals surface area contributed by atoms with E-state index >= 15 is 0 Å². The van der Waals surface area contributed by atoms with Crippen molar-refractivity contribution in [3.63, 3.8) is 0 Å². The highest BCUT2D eigenvalue weighted by Gasteiger charge is 2.20. The Labute approximate surface area is 103 Å². The molecule has 1 aromatic heterocycles. The monoisotopic (exact) mass is 237 g/mol. The smallest absolute Gasteiger partial charge is 0.0662 e. The van der Waals surface area contributed by atoms with Crippen molar-refractivity contribution < 1.29 is 4.74 Å². The van der Waals surface area contributed by atoms with Gasteiger partial charge in [0.2, 0.25) is 0 Å². The van der Waals surface area contributed by atoms with Crippen molar-refractivity contribution in [3.05, 3.63) is 18.0 Å². The molecular weight excluding hydrogens is 214 g/mol. The van der Waals surface area contributed by atoms with Gasteiger partial charge in [0.15, 0.2) is 0 Å². The average Bonchev–Trinajstić information content (AvgIpc) is 3.02. The molecule has 0 saturated heterocycles. The van der Waals surface area contributed by atoms with Gasteiger partial charge >= 0.3 is 0 Å². The second kappa shape index (κ2) is 6.17. The van der Waals surface area contributed by atoms with Gasteiger partial charge in [-0.3, -0.25) is 4.68 Å². The fourth-order valence-corrected chi connectivity index (χ4v) is 1.72. The second-order valence-corrected chi connectivity index (χ2v) is 5.17. The summed E-state index contributed by atoms with van der Waals surface area (Å²) >= 11 is 0. The third-order valence-corrected chi connectivity index (χ3v) is 2.85. The van der Waals surface area contributed by atoms with Crippen LogP contribution in [0, 0.1) is 5.92 Å². The Balaban J connectivity index is 1.69. The first kappa shape index (κ1) is 12.6. The fourth-order valence-electron chi connectivity index (χ4n) is 1.72. The lowest BCUT2D eigenvalue weighted by atomic mass is 10.2. The molecule has 4 nitrogen and oxygen atoms in total. The zero-order valence-corrected chi connectivity index (χ0v) is 10.9. The molecule has 1 aliphatic carbocycles. The van der Waals surface area contributed by atoms with Crippen molar-refractivity contribution in [2.24, 2.45) is 5.92 Å². The maximum absolute atomic E-state index is 5.58. The van der Waals surface area contributed by atoms with E-state index in [1.54, 1.807) is 0 Å². The molecule has 0 radical (unpaired) electrons. The summed E-state index contributed by atoms with van der Waals surface area (Å²) in [7, 11) is 0. The molecule has 2 rings (SSSR count). The lowest BCUT2D eigenvalue weighted by Crippen LogP contribution is -2.20. The topological polar surface area (TPSA) is 39.1 Å². The van der Waals surface area contributed by atoms with E-state index in [1.807, 2.05) is 10.9 Å². The molecule has 0 spiro atoms. The van der Waals surface area contributed by atoms with Gasteiger partial charge in [0, 0.05) is 25.4 Å². The number of nitrogens with zero attached hydrogens (tertiary/aromatic N) is 2. The van der Waals surface area contributed by atoms with Crippen LogP contribution in [0.4, 0.5) is 0 Å². The Morgan fingerprint density at radius 2 is 2.35 bits per heavy atom. The van der Waals surface area contributed by atoms with Crippen LogP contribution in [0.5, 0.6) is 0 Å². The van der Waals surface area contributed by atoms with Crippen LogP contribution < -0.4 is 5.32 Å². The molecule has 1 saturated carbocycles. The van der Waals surface area contributed by atoms with Crippen LogP contribution in [-0.2, 0) is 17.8 Å². The lowest BCUT2D eigenvalue weighted by molar-refractivity contribution is 0.100. The molecule has 0 aliphatic heterocycles. The van der Waals surface area contributed by atoms with Gasteiger partial charge in [0.1, 0.15) is 0 Å². The largest absolute Gasteiger partial charge is 0.379 e. The predicted molar refractivity (Wildman–Crippen MR) is 67.7 cm³/mol. The fraction of sp³-hybridized carbons (Fsp3) is 0.769. The predicted octanol–water partition coefficient (Wildman–Crippen LogP) is 1.81. The van der Waals surface area contributed by atoms with Gasteiger partial charge in [-0.2, -0.15) is 5.10 Å².